The van der Waals surface area contributed by atoms with Crippen molar-refractivity contribution in [1.82, 2.24) is 9.88 Å². The Labute approximate surface area is 196 Å². The molecule has 0 unspecified atom stereocenters. The number of carbonyl (C=O) groups is 1. The van der Waals surface area contributed by atoms with Crippen LogP contribution in [0.5, 0.6) is 11.5 Å². The predicted molar refractivity (Wildman–Crippen MR) is 131 cm³/mol. The van der Waals surface area contributed by atoms with Crippen LogP contribution in [-0.4, -0.2) is 48.3 Å². The van der Waals surface area contributed by atoms with E-state index in [0.29, 0.717) is 31.1 Å². The largest absolute Gasteiger partial charge is 0.453 e. The van der Waals surface area contributed by atoms with E-state index in [1.165, 1.54) is 30.4 Å². The normalized spacial score (nSPS) is 12.3. The molecule has 0 saturated heterocycles. The lowest BCUT2D eigenvalue weighted by atomic mass is 10.2. The number of benzene rings is 1. The van der Waals surface area contributed by atoms with Gasteiger partial charge in [0, 0.05) is 57.3 Å². The number of aromatic nitrogens is 1. The number of nitrogens with two attached hydrogens (primary N) is 1. The van der Waals surface area contributed by atoms with E-state index in [1.54, 1.807) is 36.5 Å². The fraction of sp³-hybridized carbons (Fsp3) is 0.292. The molecule has 0 spiro atoms. The topological polar surface area (TPSA) is 90.0 Å². The van der Waals surface area contributed by atoms with Crippen molar-refractivity contribution in [3.63, 3.8) is 0 Å². The van der Waals surface area contributed by atoms with E-state index in [2.05, 4.69) is 9.98 Å². The molecule has 0 aliphatic carbocycles. The molecule has 2 aromatic heterocycles. The summed E-state index contributed by atoms with van der Waals surface area (Å²) in [6.07, 6.45) is 3.38. The van der Waals surface area contributed by atoms with Crippen LogP contribution in [0.25, 0.3) is 10.2 Å². The summed E-state index contributed by atoms with van der Waals surface area (Å²) >= 11 is 1.47. The Bertz CT molecular complexity index is 1210. The summed E-state index contributed by atoms with van der Waals surface area (Å²) in [5.41, 5.74) is 8.43. The fourth-order valence-electron chi connectivity index (χ4n) is 3.05. The summed E-state index contributed by atoms with van der Waals surface area (Å²) in [6, 6.07) is 7.94. The van der Waals surface area contributed by atoms with E-state index in [0.717, 1.165) is 26.4 Å². The van der Waals surface area contributed by atoms with Gasteiger partial charge in [-0.3, -0.25) is 14.8 Å². The Hall–Kier alpha value is -3.30. The minimum Gasteiger partial charge on any atom is -0.453 e. The molecule has 9 heteroatoms. The third-order valence-corrected chi connectivity index (χ3v) is 6.09. The molecule has 33 heavy (non-hydrogen) atoms. The molecule has 3 rings (SSSR count). The molecular weight excluding hydrogens is 443 g/mol. The van der Waals surface area contributed by atoms with Gasteiger partial charge in [-0.15, -0.1) is 11.3 Å². The molecule has 2 N–H and O–H groups in total. The van der Waals surface area contributed by atoms with Crippen LogP contribution in [0.2, 0.25) is 0 Å². The molecule has 0 aliphatic heterocycles. The average Bonchev–Trinajstić information content (AvgIpc) is 3.22. The van der Waals surface area contributed by atoms with Crippen molar-refractivity contribution in [2.75, 3.05) is 32.5 Å². The number of anilines is 1. The van der Waals surface area contributed by atoms with Crippen LogP contribution in [0.4, 0.5) is 10.1 Å². The maximum Gasteiger partial charge on any atom is 0.219 e. The average molecular weight is 471 g/mol. The molecule has 0 saturated carbocycles. The van der Waals surface area contributed by atoms with Gasteiger partial charge in [0.25, 0.3) is 0 Å². The Kier molecular flexibility index (Phi) is 8.13. The highest BCUT2D eigenvalue weighted by Crippen LogP contribution is 2.36. The third kappa shape index (κ3) is 6.36. The second kappa shape index (κ2) is 11.0. The zero-order valence-electron chi connectivity index (χ0n) is 19.1. The van der Waals surface area contributed by atoms with Gasteiger partial charge in [0.15, 0.2) is 11.6 Å². The molecule has 174 valence electrons. The summed E-state index contributed by atoms with van der Waals surface area (Å²) in [6.45, 7) is 6.86. The molecular formula is C24H27FN4O3S. The van der Waals surface area contributed by atoms with Gasteiger partial charge in [0.2, 0.25) is 5.91 Å². The number of amides is 1. The van der Waals surface area contributed by atoms with Crippen LogP contribution in [-0.2, 0) is 9.53 Å². The number of fused-ring (bicyclic) bond motifs is 1. The summed E-state index contributed by atoms with van der Waals surface area (Å²) in [5, 5.41) is 0. The Morgan fingerprint density at radius 1 is 1.24 bits per heavy atom. The van der Waals surface area contributed by atoms with E-state index >= 15 is 0 Å². The molecule has 0 radical (unpaired) electrons. The van der Waals surface area contributed by atoms with Crippen LogP contribution in [0.3, 0.4) is 0 Å². The maximum absolute atomic E-state index is 14.2. The lowest BCUT2D eigenvalue weighted by molar-refractivity contribution is -0.129. The van der Waals surface area contributed by atoms with Crippen molar-refractivity contribution >= 4 is 38.9 Å². The van der Waals surface area contributed by atoms with Crippen LogP contribution >= 0.6 is 11.3 Å². The van der Waals surface area contributed by atoms with E-state index in [4.69, 9.17) is 15.2 Å². The Balaban J connectivity index is 1.80. The number of methoxy groups -OCH3 is 1. The van der Waals surface area contributed by atoms with Crippen LogP contribution in [0, 0.1) is 5.82 Å². The van der Waals surface area contributed by atoms with Gasteiger partial charge in [-0.1, -0.05) is 0 Å². The summed E-state index contributed by atoms with van der Waals surface area (Å²) in [4.78, 5) is 23.4. The predicted octanol–water partition coefficient (Wildman–Crippen LogP) is 5.02. The minimum absolute atomic E-state index is 0.0128. The molecule has 2 heterocycles. The van der Waals surface area contributed by atoms with Gasteiger partial charge >= 0.3 is 0 Å². The van der Waals surface area contributed by atoms with Crippen LogP contribution in [0.1, 0.15) is 25.6 Å². The third-order valence-electron chi connectivity index (χ3n) is 4.84. The zero-order valence-corrected chi connectivity index (χ0v) is 19.9. The number of nitrogen functional groups attached to an aromatic ring is 1. The van der Waals surface area contributed by atoms with Crippen molar-refractivity contribution < 1.29 is 18.7 Å². The minimum atomic E-state index is -0.528. The molecule has 0 aliphatic rings. The number of rotatable bonds is 9. The lowest BCUT2D eigenvalue weighted by Crippen LogP contribution is -2.33. The summed E-state index contributed by atoms with van der Waals surface area (Å²) in [7, 11) is 1.61. The van der Waals surface area contributed by atoms with Gasteiger partial charge < -0.3 is 20.1 Å². The number of thiophene rings is 1. The van der Waals surface area contributed by atoms with Crippen molar-refractivity contribution in [3.8, 4) is 11.5 Å². The standard InChI is InChI=1S/C24H27FN4O3S/c1-15(14-29(17(3)30)9-10-31-4)13-28-16(2)23-12-20-24(33-23)22(7-8-27-20)32-21-6-5-18(26)11-19(21)25/h5-8,11-13H,9-10,14,26H2,1-4H3/b15-13+,28-16?. The SMILES string of the molecule is COCCN(C/C(C)=C/N=C(C)c1cc2nccc(Oc3ccc(N)cc3F)c2s1)C(C)=O. The first-order chi connectivity index (χ1) is 15.8. The highest BCUT2D eigenvalue weighted by Gasteiger charge is 2.13. The van der Waals surface area contributed by atoms with Gasteiger partial charge in [0.1, 0.15) is 5.75 Å². The fourth-order valence-corrected chi connectivity index (χ4v) is 4.07. The van der Waals surface area contributed by atoms with Gasteiger partial charge in [0.05, 0.1) is 27.4 Å². The Morgan fingerprint density at radius 3 is 2.73 bits per heavy atom. The number of ether oxygens (including phenoxy) is 2. The molecule has 0 fully saturated rings. The first kappa shape index (κ1) is 24.3. The number of hydrogen-bond donors (Lipinski definition) is 1. The smallest absolute Gasteiger partial charge is 0.219 e. The van der Waals surface area contributed by atoms with Crippen LogP contribution in [0.15, 0.2) is 53.3 Å². The Morgan fingerprint density at radius 2 is 2.03 bits per heavy atom. The lowest BCUT2D eigenvalue weighted by Gasteiger charge is -2.20. The van der Waals surface area contributed by atoms with Gasteiger partial charge in [-0.05, 0) is 37.6 Å². The summed E-state index contributed by atoms with van der Waals surface area (Å²) < 4.78 is 25.8. The van der Waals surface area contributed by atoms with Crippen molar-refractivity contribution in [1.29, 1.82) is 0 Å². The number of pyridine rings is 1. The second-order valence-corrected chi connectivity index (χ2v) is 8.60. The number of halogens is 1. The van der Waals surface area contributed by atoms with Crippen molar-refractivity contribution in [2.45, 2.75) is 20.8 Å². The van der Waals surface area contributed by atoms with Gasteiger partial charge in [-0.2, -0.15) is 0 Å². The zero-order chi connectivity index (χ0) is 24.0. The number of carbonyl (C=O) groups excluding carboxylic acids is 1. The van der Waals surface area contributed by atoms with Crippen molar-refractivity contribution in [2.24, 2.45) is 4.99 Å². The first-order valence-electron chi connectivity index (χ1n) is 10.3. The molecule has 0 atom stereocenters. The van der Waals surface area contributed by atoms with Crippen LogP contribution < -0.4 is 10.5 Å². The molecule has 3 aromatic rings. The molecule has 7 nitrogen and oxygen atoms in total. The first-order valence-corrected chi connectivity index (χ1v) is 11.2. The maximum atomic E-state index is 14.2. The highest BCUT2D eigenvalue weighted by atomic mass is 32.1. The quantitative estimate of drug-likeness (QED) is 0.350. The molecule has 1 amide bonds. The van der Waals surface area contributed by atoms with E-state index in [9.17, 15) is 9.18 Å². The van der Waals surface area contributed by atoms with Crippen molar-refractivity contribution in [3.05, 3.63) is 59.0 Å². The molecule has 0 bridgehead atoms. The summed E-state index contributed by atoms with van der Waals surface area (Å²) in [5.74, 6) is 0.0649. The van der Waals surface area contributed by atoms with Gasteiger partial charge in [-0.25, -0.2) is 4.39 Å². The van der Waals surface area contributed by atoms with E-state index in [-0.39, 0.29) is 11.7 Å². The van der Waals surface area contributed by atoms with E-state index in [1.807, 2.05) is 19.9 Å². The number of nitrogens with zero attached hydrogens (tertiary/aromatic N) is 3. The number of aliphatic imine (C=N–C) groups is 1. The highest BCUT2D eigenvalue weighted by molar-refractivity contribution is 7.21. The molecule has 1 aromatic carbocycles. The number of hydrogen-bond acceptors (Lipinski definition) is 7. The van der Waals surface area contributed by atoms with E-state index < -0.39 is 5.82 Å². The monoisotopic (exact) mass is 470 g/mol. The second-order valence-electron chi connectivity index (χ2n) is 7.55.